The van der Waals surface area contributed by atoms with Crippen molar-refractivity contribution in [3.63, 3.8) is 0 Å². The first-order valence-corrected chi connectivity index (χ1v) is 6.58. The van der Waals surface area contributed by atoms with Gasteiger partial charge in [0.2, 0.25) is 11.8 Å². The highest BCUT2D eigenvalue weighted by Gasteiger charge is 2.25. The Labute approximate surface area is 121 Å². The van der Waals surface area contributed by atoms with Gasteiger partial charge in [0.25, 0.3) is 0 Å². The lowest BCUT2D eigenvalue weighted by Crippen LogP contribution is -2.50. The Bertz CT molecular complexity index is 316. The zero-order valence-electron chi connectivity index (χ0n) is 12.3. The van der Waals surface area contributed by atoms with Crippen LogP contribution < -0.4 is 10.6 Å². The SMILES string of the molecule is CNC1CCCN(C(=O)CNC(=O)C(C)(C)C)C1.Cl. The zero-order chi connectivity index (χ0) is 13.8. The highest BCUT2D eigenvalue weighted by molar-refractivity contribution is 5.87. The minimum atomic E-state index is -0.449. The van der Waals surface area contributed by atoms with Gasteiger partial charge >= 0.3 is 0 Å². The summed E-state index contributed by atoms with van der Waals surface area (Å²) in [5.41, 5.74) is -0.449. The summed E-state index contributed by atoms with van der Waals surface area (Å²) in [5, 5.41) is 5.90. The third-order valence-electron chi connectivity index (χ3n) is 3.26. The number of nitrogens with zero attached hydrogens (tertiary/aromatic N) is 1. The number of piperidine rings is 1. The van der Waals surface area contributed by atoms with Gasteiger partial charge in [-0.25, -0.2) is 0 Å². The topological polar surface area (TPSA) is 61.4 Å². The van der Waals surface area contributed by atoms with E-state index in [1.807, 2.05) is 32.7 Å². The largest absolute Gasteiger partial charge is 0.347 e. The van der Waals surface area contributed by atoms with Crippen molar-refractivity contribution in [1.29, 1.82) is 0 Å². The fraction of sp³-hybridized carbons (Fsp3) is 0.846. The van der Waals surface area contributed by atoms with E-state index in [1.165, 1.54) is 0 Å². The number of amides is 2. The van der Waals surface area contributed by atoms with Gasteiger partial charge in [-0.3, -0.25) is 9.59 Å². The number of carbonyl (C=O) groups excluding carboxylic acids is 2. The summed E-state index contributed by atoms with van der Waals surface area (Å²) < 4.78 is 0. The Morgan fingerprint density at radius 1 is 1.32 bits per heavy atom. The van der Waals surface area contributed by atoms with Crippen molar-refractivity contribution < 1.29 is 9.59 Å². The molecule has 5 nitrogen and oxygen atoms in total. The van der Waals surface area contributed by atoms with Gasteiger partial charge in [-0.15, -0.1) is 12.4 Å². The number of hydrogen-bond acceptors (Lipinski definition) is 3. The van der Waals surface area contributed by atoms with E-state index in [0.717, 1.165) is 25.9 Å². The van der Waals surface area contributed by atoms with E-state index in [9.17, 15) is 9.59 Å². The van der Waals surface area contributed by atoms with Crippen molar-refractivity contribution in [3.8, 4) is 0 Å². The maximum atomic E-state index is 12.0. The Hall–Kier alpha value is -0.810. The lowest BCUT2D eigenvalue weighted by Gasteiger charge is -2.32. The van der Waals surface area contributed by atoms with Gasteiger partial charge in [0.05, 0.1) is 6.54 Å². The molecule has 1 aliphatic heterocycles. The van der Waals surface area contributed by atoms with Crippen LogP contribution in [0.2, 0.25) is 0 Å². The molecule has 19 heavy (non-hydrogen) atoms. The lowest BCUT2D eigenvalue weighted by molar-refractivity contribution is -0.136. The molecule has 1 unspecified atom stereocenters. The summed E-state index contributed by atoms with van der Waals surface area (Å²) in [6.07, 6.45) is 2.12. The summed E-state index contributed by atoms with van der Waals surface area (Å²) in [7, 11) is 1.92. The first kappa shape index (κ1) is 18.2. The van der Waals surface area contributed by atoms with Crippen LogP contribution in [0.5, 0.6) is 0 Å². The van der Waals surface area contributed by atoms with Crippen LogP contribution in [0, 0.1) is 5.41 Å². The predicted octanol–water partition coefficient (Wildman–Crippen LogP) is 0.781. The molecule has 6 heteroatoms. The fourth-order valence-corrected chi connectivity index (χ4v) is 1.97. The van der Waals surface area contributed by atoms with Crippen LogP contribution in [0.3, 0.4) is 0 Å². The summed E-state index contributed by atoms with van der Waals surface area (Å²) in [6, 6.07) is 0.376. The molecule has 0 aliphatic carbocycles. The lowest BCUT2D eigenvalue weighted by atomic mass is 9.96. The fourth-order valence-electron chi connectivity index (χ4n) is 1.97. The minimum Gasteiger partial charge on any atom is -0.347 e. The van der Waals surface area contributed by atoms with Crippen molar-refractivity contribution in [3.05, 3.63) is 0 Å². The molecule has 0 saturated carbocycles. The molecule has 0 bridgehead atoms. The van der Waals surface area contributed by atoms with Crippen LogP contribution in [-0.4, -0.2) is 49.4 Å². The summed E-state index contributed by atoms with van der Waals surface area (Å²) in [5.74, 6) is -0.0782. The number of likely N-dealkylation sites (tertiary alicyclic amines) is 1. The molecule has 0 radical (unpaired) electrons. The highest BCUT2D eigenvalue weighted by atomic mass is 35.5. The average molecular weight is 292 g/mol. The van der Waals surface area contributed by atoms with Gasteiger partial charge in [-0.1, -0.05) is 20.8 Å². The highest BCUT2D eigenvalue weighted by Crippen LogP contribution is 2.13. The van der Waals surface area contributed by atoms with Gasteiger partial charge in [-0.05, 0) is 19.9 Å². The molecule has 0 spiro atoms. The van der Waals surface area contributed by atoms with Crippen molar-refractivity contribution in [1.82, 2.24) is 15.5 Å². The second-order valence-corrected chi connectivity index (χ2v) is 5.90. The number of nitrogens with one attached hydrogen (secondary N) is 2. The first-order chi connectivity index (χ1) is 8.34. The van der Waals surface area contributed by atoms with Crippen LogP contribution in [0.4, 0.5) is 0 Å². The Morgan fingerprint density at radius 2 is 1.95 bits per heavy atom. The van der Waals surface area contributed by atoms with Gasteiger partial charge < -0.3 is 15.5 Å². The molecule has 1 atom stereocenters. The second kappa shape index (κ2) is 7.70. The number of halogens is 1. The zero-order valence-corrected chi connectivity index (χ0v) is 13.1. The van der Waals surface area contributed by atoms with Crippen molar-refractivity contribution >= 4 is 24.2 Å². The maximum Gasteiger partial charge on any atom is 0.242 e. The molecule has 0 aromatic heterocycles. The van der Waals surface area contributed by atoms with Crippen molar-refractivity contribution in [2.75, 3.05) is 26.7 Å². The number of hydrogen-bond donors (Lipinski definition) is 2. The summed E-state index contributed by atoms with van der Waals surface area (Å²) in [4.78, 5) is 25.5. The molecule has 0 aromatic carbocycles. The van der Waals surface area contributed by atoms with Gasteiger partial charge in [0.1, 0.15) is 0 Å². The van der Waals surface area contributed by atoms with Crippen molar-refractivity contribution in [2.24, 2.45) is 5.41 Å². The molecular formula is C13H26ClN3O2. The molecule has 1 aliphatic rings. The van der Waals surface area contributed by atoms with E-state index in [2.05, 4.69) is 10.6 Å². The molecular weight excluding hydrogens is 266 g/mol. The summed E-state index contributed by atoms with van der Waals surface area (Å²) >= 11 is 0. The monoisotopic (exact) mass is 291 g/mol. The van der Waals surface area contributed by atoms with E-state index in [1.54, 1.807) is 0 Å². The first-order valence-electron chi connectivity index (χ1n) is 6.58. The van der Waals surface area contributed by atoms with Crippen LogP contribution in [-0.2, 0) is 9.59 Å². The molecule has 1 fully saturated rings. The third kappa shape index (κ3) is 5.78. The summed E-state index contributed by atoms with van der Waals surface area (Å²) in [6.45, 7) is 7.15. The molecule has 0 aromatic rings. The minimum absolute atomic E-state index is 0. The van der Waals surface area contributed by atoms with Crippen LogP contribution in [0.15, 0.2) is 0 Å². The number of carbonyl (C=O) groups is 2. The van der Waals surface area contributed by atoms with E-state index in [0.29, 0.717) is 6.04 Å². The molecule has 2 N–H and O–H groups in total. The van der Waals surface area contributed by atoms with E-state index >= 15 is 0 Å². The quantitative estimate of drug-likeness (QED) is 0.808. The molecule has 112 valence electrons. The van der Waals surface area contributed by atoms with Crippen LogP contribution >= 0.6 is 12.4 Å². The van der Waals surface area contributed by atoms with Gasteiger partial charge in [-0.2, -0.15) is 0 Å². The maximum absolute atomic E-state index is 12.0. The van der Waals surface area contributed by atoms with Crippen LogP contribution in [0.1, 0.15) is 33.6 Å². The number of likely N-dealkylation sites (N-methyl/N-ethyl adjacent to an activating group) is 1. The van der Waals surface area contributed by atoms with Gasteiger partial charge in [0.15, 0.2) is 0 Å². The Morgan fingerprint density at radius 3 is 2.47 bits per heavy atom. The molecule has 1 saturated heterocycles. The number of rotatable bonds is 3. The smallest absolute Gasteiger partial charge is 0.242 e. The van der Waals surface area contributed by atoms with Crippen LogP contribution in [0.25, 0.3) is 0 Å². The predicted molar refractivity (Wildman–Crippen MR) is 78.4 cm³/mol. The van der Waals surface area contributed by atoms with Gasteiger partial charge in [0, 0.05) is 24.5 Å². The molecule has 1 heterocycles. The van der Waals surface area contributed by atoms with E-state index < -0.39 is 5.41 Å². The average Bonchev–Trinajstić information content (AvgIpc) is 2.34. The Balaban J connectivity index is 0.00000324. The van der Waals surface area contributed by atoms with E-state index in [4.69, 9.17) is 0 Å². The second-order valence-electron chi connectivity index (χ2n) is 5.90. The normalized spacial score (nSPS) is 19.6. The molecule has 2 amide bonds. The Kier molecular flexibility index (Phi) is 7.37. The van der Waals surface area contributed by atoms with Crippen molar-refractivity contribution in [2.45, 2.75) is 39.7 Å². The standard InChI is InChI=1S/C13H25N3O2.ClH/c1-13(2,3)12(18)15-8-11(17)16-7-5-6-10(9-16)14-4;/h10,14H,5-9H2,1-4H3,(H,15,18);1H. The third-order valence-corrected chi connectivity index (χ3v) is 3.26. The molecule has 1 rings (SSSR count). The van der Waals surface area contributed by atoms with E-state index in [-0.39, 0.29) is 30.8 Å².